The number of nitrogens with one attached hydrogen (secondary N) is 1. The van der Waals surface area contributed by atoms with Gasteiger partial charge in [-0.1, -0.05) is 59.6 Å². The second-order valence-corrected chi connectivity index (χ2v) is 7.10. The van der Waals surface area contributed by atoms with E-state index in [1.807, 2.05) is 49.4 Å². The van der Waals surface area contributed by atoms with Crippen molar-refractivity contribution in [3.8, 4) is 12.1 Å². The average molecular weight is 442 g/mol. The van der Waals surface area contributed by atoms with E-state index in [0.717, 1.165) is 11.6 Å². The molecule has 0 heterocycles. The van der Waals surface area contributed by atoms with Crippen molar-refractivity contribution in [2.75, 3.05) is 5.43 Å². The summed E-state index contributed by atoms with van der Waals surface area (Å²) in [6.07, 6.45) is 1.37. The van der Waals surface area contributed by atoms with Crippen LogP contribution in [0.2, 0.25) is 0 Å². The summed E-state index contributed by atoms with van der Waals surface area (Å²) in [5.74, 6) is 0. The van der Waals surface area contributed by atoms with Crippen LogP contribution in [0.25, 0.3) is 10.6 Å². The Labute approximate surface area is 189 Å². The molecule has 0 spiro atoms. The number of hydrogen-bond donors (Lipinski definition) is 1. The molecule has 0 amide bonds. The van der Waals surface area contributed by atoms with Crippen LogP contribution in [0, 0.1) is 39.7 Å². The molecule has 8 heteroatoms. The third-order valence-corrected chi connectivity index (χ3v) is 4.99. The number of aryl methyl sites for hydroxylation is 1. The molecule has 3 aromatic rings. The summed E-state index contributed by atoms with van der Waals surface area (Å²) in [7, 11) is 0. The van der Waals surface area contributed by atoms with Gasteiger partial charge in [0.2, 0.25) is 0 Å². The van der Waals surface area contributed by atoms with Gasteiger partial charge in [0.25, 0.3) is 5.69 Å². The lowest BCUT2D eigenvalue weighted by Gasteiger charge is -2.10. The van der Waals surface area contributed by atoms with Crippen LogP contribution in [-0.2, 0) is 0 Å². The van der Waals surface area contributed by atoms with Gasteiger partial charge in [0.05, 0.1) is 38.5 Å². The van der Waals surface area contributed by atoms with Crippen LogP contribution in [0.4, 0.5) is 11.4 Å². The van der Waals surface area contributed by atoms with Gasteiger partial charge in [0, 0.05) is 11.6 Å². The minimum Gasteiger partial charge on any atom is -0.279 e. The molecule has 0 fully saturated rings. The predicted molar refractivity (Wildman–Crippen MR) is 125 cm³/mol. The summed E-state index contributed by atoms with van der Waals surface area (Å²) in [5.41, 5.74) is 5.07. The Kier molecular flexibility index (Phi) is 6.97. The van der Waals surface area contributed by atoms with Gasteiger partial charge >= 0.3 is 0 Å². The number of nitro groups is 1. The molecule has 0 bridgehead atoms. The maximum Gasteiger partial charge on any atom is 0.278 e. The first-order valence-corrected chi connectivity index (χ1v) is 9.76. The normalized spacial score (nSPS) is 11.4. The number of nitriles is 2. The topological polar surface area (TPSA) is 115 Å². The first-order valence-electron chi connectivity index (χ1n) is 9.38. The van der Waals surface area contributed by atoms with E-state index in [2.05, 4.69) is 10.5 Å². The molecule has 0 atom stereocenters. The summed E-state index contributed by atoms with van der Waals surface area (Å²) >= 11 is 6.68. The third-order valence-electron chi connectivity index (χ3n) is 4.57. The Morgan fingerprint density at radius 1 is 1.06 bits per heavy atom. The number of allylic oxidation sites excluding steroid dienone is 1. The number of para-hydroxylation sites is 1. The lowest BCUT2D eigenvalue weighted by Crippen LogP contribution is -2.01. The summed E-state index contributed by atoms with van der Waals surface area (Å²) < 4.78 is 0. The van der Waals surface area contributed by atoms with Gasteiger partial charge in [-0.15, -0.1) is 0 Å². The highest BCUT2D eigenvalue weighted by Crippen LogP contribution is 2.35. The fourth-order valence-electron chi connectivity index (χ4n) is 2.92. The standard InChI is InChI=1S/C24H16ClN5O2/c1-16-7-9-17(10-8-16)24(25)22(15-28-29-20-5-3-2-4-6-20)21-11-18(13-26)19(14-27)12-23(21)30(31)32/h2-12,15,29H,1H3. The molecule has 0 saturated heterocycles. The van der Waals surface area contributed by atoms with E-state index >= 15 is 0 Å². The van der Waals surface area contributed by atoms with Gasteiger partial charge < -0.3 is 0 Å². The molecular weight excluding hydrogens is 426 g/mol. The van der Waals surface area contributed by atoms with Crippen LogP contribution < -0.4 is 5.43 Å². The summed E-state index contributed by atoms with van der Waals surface area (Å²) in [5, 5.41) is 34.9. The Bertz CT molecular complexity index is 1300. The van der Waals surface area contributed by atoms with Crippen molar-refractivity contribution >= 4 is 39.8 Å². The predicted octanol–water partition coefficient (Wildman–Crippen LogP) is 5.85. The number of rotatable bonds is 6. The Hall–Kier alpha value is -4.46. The van der Waals surface area contributed by atoms with E-state index in [9.17, 15) is 20.6 Å². The molecule has 0 aliphatic heterocycles. The van der Waals surface area contributed by atoms with Gasteiger partial charge in [0.15, 0.2) is 0 Å². The zero-order valence-corrected chi connectivity index (χ0v) is 17.7. The second kappa shape index (κ2) is 10.0. The van der Waals surface area contributed by atoms with E-state index in [1.54, 1.807) is 24.3 Å². The van der Waals surface area contributed by atoms with Crippen molar-refractivity contribution in [2.45, 2.75) is 6.92 Å². The first kappa shape index (κ1) is 22.2. The minimum absolute atomic E-state index is 0.00314. The highest BCUT2D eigenvalue weighted by molar-refractivity contribution is 6.56. The molecule has 32 heavy (non-hydrogen) atoms. The molecule has 0 aromatic heterocycles. The number of benzene rings is 3. The lowest BCUT2D eigenvalue weighted by atomic mass is 9.96. The molecule has 3 aromatic carbocycles. The number of halogens is 1. The third kappa shape index (κ3) is 4.99. The van der Waals surface area contributed by atoms with Crippen molar-refractivity contribution in [2.24, 2.45) is 5.10 Å². The Morgan fingerprint density at radius 3 is 2.28 bits per heavy atom. The molecule has 0 aliphatic carbocycles. The molecular formula is C24H16ClN5O2. The maximum absolute atomic E-state index is 11.8. The molecule has 0 unspecified atom stereocenters. The lowest BCUT2D eigenvalue weighted by molar-refractivity contribution is -0.385. The molecule has 0 aliphatic rings. The molecule has 0 radical (unpaired) electrons. The van der Waals surface area contributed by atoms with Crippen LogP contribution in [0.5, 0.6) is 0 Å². The Morgan fingerprint density at radius 2 is 1.69 bits per heavy atom. The summed E-state index contributed by atoms with van der Waals surface area (Å²) in [6, 6.07) is 22.5. The van der Waals surface area contributed by atoms with Crippen LogP contribution >= 0.6 is 11.6 Å². The monoisotopic (exact) mass is 441 g/mol. The van der Waals surface area contributed by atoms with E-state index in [4.69, 9.17) is 11.6 Å². The molecule has 1 N–H and O–H groups in total. The average Bonchev–Trinajstić information content (AvgIpc) is 2.81. The Balaban J connectivity index is 2.22. The number of nitro benzene ring substituents is 1. The van der Waals surface area contributed by atoms with Crippen LogP contribution in [0.15, 0.2) is 71.8 Å². The zero-order valence-electron chi connectivity index (χ0n) is 16.9. The van der Waals surface area contributed by atoms with Crippen molar-refractivity contribution in [1.29, 1.82) is 10.5 Å². The fourth-order valence-corrected chi connectivity index (χ4v) is 3.20. The fraction of sp³-hybridized carbons (Fsp3) is 0.0417. The highest BCUT2D eigenvalue weighted by atomic mass is 35.5. The molecule has 3 rings (SSSR count). The quantitative estimate of drug-likeness (QED) is 0.223. The van der Waals surface area contributed by atoms with E-state index in [1.165, 1.54) is 12.3 Å². The van der Waals surface area contributed by atoms with E-state index < -0.39 is 4.92 Å². The smallest absolute Gasteiger partial charge is 0.278 e. The molecule has 156 valence electrons. The molecule has 0 saturated carbocycles. The SMILES string of the molecule is Cc1ccc(C(Cl)=C(C=NNc2ccccc2)c2cc(C#N)c(C#N)cc2[N+](=O)[O-])cc1. The van der Waals surface area contributed by atoms with E-state index in [0.29, 0.717) is 11.3 Å². The largest absolute Gasteiger partial charge is 0.279 e. The van der Waals surface area contributed by atoms with Gasteiger partial charge in [-0.2, -0.15) is 15.6 Å². The highest BCUT2D eigenvalue weighted by Gasteiger charge is 2.23. The van der Waals surface area contributed by atoms with Crippen molar-refractivity contribution < 1.29 is 4.92 Å². The van der Waals surface area contributed by atoms with E-state index in [-0.39, 0.29) is 33.0 Å². The second-order valence-electron chi connectivity index (χ2n) is 6.73. The first-order chi connectivity index (χ1) is 15.4. The van der Waals surface area contributed by atoms with Crippen LogP contribution in [-0.4, -0.2) is 11.1 Å². The summed E-state index contributed by atoms with van der Waals surface area (Å²) in [4.78, 5) is 11.2. The van der Waals surface area contributed by atoms with Gasteiger partial charge in [-0.05, 0) is 30.7 Å². The number of nitrogens with zero attached hydrogens (tertiary/aromatic N) is 4. The number of anilines is 1. The van der Waals surface area contributed by atoms with Crippen LogP contribution in [0.1, 0.15) is 27.8 Å². The van der Waals surface area contributed by atoms with Crippen molar-refractivity contribution in [3.05, 3.63) is 105 Å². The van der Waals surface area contributed by atoms with Crippen molar-refractivity contribution in [3.63, 3.8) is 0 Å². The number of hydrazone groups is 1. The maximum atomic E-state index is 11.8. The zero-order chi connectivity index (χ0) is 23.1. The summed E-state index contributed by atoms with van der Waals surface area (Å²) in [6.45, 7) is 1.93. The number of hydrogen-bond acceptors (Lipinski definition) is 6. The minimum atomic E-state index is -0.616. The van der Waals surface area contributed by atoms with Crippen molar-refractivity contribution in [1.82, 2.24) is 0 Å². The van der Waals surface area contributed by atoms with Gasteiger partial charge in [0.1, 0.15) is 12.1 Å². The van der Waals surface area contributed by atoms with Gasteiger partial charge in [-0.25, -0.2) is 0 Å². The van der Waals surface area contributed by atoms with Gasteiger partial charge in [-0.3, -0.25) is 15.5 Å². The van der Waals surface area contributed by atoms with Crippen LogP contribution in [0.3, 0.4) is 0 Å². The molecule has 7 nitrogen and oxygen atoms in total.